The van der Waals surface area contributed by atoms with Crippen molar-refractivity contribution in [2.24, 2.45) is 0 Å². The molecule has 5 heteroatoms. The van der Waals surface area contributed by atoms with Gasteiger partial charge in [0.05, 0.1) is 6.61 Å². The second-order valence-electron chi connectivity index (χ2n) is 9.37. The first-order chi connectivity index (χ1) is 13.6. The van der Waals surface area contributed by atoms with Crippen molar-refractivity contribution in [1.82, 2.24) is 0 Å². The molecular weight excluding hydrogens is 383 g/mol. The van der Waals surface area contributed by atoms with Gasteiger partial charge in [0.1, 0.15) is 0 Å². The fourth-order valence-electron chi connectivity index (χ4n) is 3.80. The predicted molar refractivity (Wildman–Crippen MR) is 122 cm³/mol. The highest BCUT2D eigenvalue weighted by atomic mass is 31.2. The van der Waals surface area contributed by atoms with Crippen LogP contribution in [0.25, 0.3) is 0 Å². The van der Waals surface area contributed by atoms with Crippen LogP contribution in [0.5, 0.6) is 0 Å². The lowest BCUT2D eigenvalue weighted by molar-refractivity contribution is 0.193. The standard InChI is InChI=1S/C24H43O4P/c1-21-17-18-22(23(20-21)24(2,3)4)16-14-12-10-8-6-5-7-9-11-13-15-19-28-29(25,26)27/h17-18,20H,5-16,19H2,1-4H3,(H2,25,26,27). The van der Waals surface area contributed by atoms with Crippen LogP contribution in [-0.2, 0) is 20.9 Å². The largest absolute Gasteiger partial charge is 0.469 e. The van der Waals surface area contributed by atoms with Gasteiger partial charge >= 0.3 is 7.82 Å². The molecule has 0 aliphatic carbocycles. The van der Waals surface area contributed by atoms with Crippen LogP contribution in [0.4, 0.5) is 0 Å². The summed E-state index contributed by atoms with van der Waals surface area (Å²) in [6.45, 7) is 9.26. The van der Waals surface area contributed by atoms with Crippen molar-refractivity contribution in [3.8, 4) is 0 Å². The van der Waals surface area contributed by atoms with Crippen molar-refractivity contribution in [1.29, 1.82) is 0 Å². The molecule has 0 aromatic heterocycles. The lowest BCUT2D eigenvalue weighted by Crippen LogP contribution is -2.14. The smallest absolute Gasteiger partial charge is 0.303 e. The molecule has 0 radical (unpaired) electrons. The van der Waals surface area contributed by atoms with E-state index in [0.717, 1.165) is 19.3 Å². The number of phosphoric acid groups is 1. The maximum Gasteiger partial charge on any atom is 0.469 e. The molecule has 1 rings (SSSR count). The molecule has 0 atom stereocenters. The lowest BCUT2D eigenvalue weighted by atomic mass is 9.81. The minimum atomic E-state index is -4.28. The molecule has 1 aromatic carbocycles. The van der Waals surface area contributed by atoms with Gasteiger partial charge in [0.15, 0.2) is 0 Å². The van der Waals surface area contributed by atoms with Gasteiger partial charge in [-0.25, -0.2) is 4.57 Å². The Labute approximate surface area is 178 Å². The molecule has 0 unspecified atom stereocenters. The molecule has 0 amide bonds. The van der Waals surface area contributed by atoms with E-state index in [9.17, 15) is 4.57 Å². The van der Waals surface area contributed by atoms with Gasteiger partial charge in [-0.2, -0.15) is 0 Å². The number of unbranched alkanes of at least 4 members (excludes halogenated alkanes) is 10. The lowest BCUT2D eigenvalue weighted by Gasteiger charge is -2.23. The Bertz CT molecular complexity index is 616. The number of hydrogen-bond donors (Lipinski definition) is 2. The third kappa shape index (κ3) is 13.3. The third-order valence-electron chi connectivity index (χ3n) is 5.42. The summed E-state index contributed by atoms with van der Waals surface area (Å²) in [5.41, 5.74) is 4.60. The van der Waals surface area contributed by atoms with Crippen molar-refractivity contribution in [2.45, 2.75) is 110 Å². The van der Waals surface area contributed by atoms with E-state index in [-0.39, 0.29) is 12.0 Å². The van der Waals surface area contributed by atoms with E-state index in [4.69, 9.17) is 9.79 Å². The van der Waals surface area contributed by atoms with Crippen molar-refractivity contribution in [3.05, 3.63) is 34.9 Å². The number of aryl methyl sites for hydroxylation is 2. The highest BCUT2D eigenvalue weighted by Gasteiger charge is 2.17. The van der Waals surface area contributed by atoms with Crippen molar-refractivity contribution in [3.63, 3.8) is 0 Å². The van der Waals surface area contributed by atoms with Gasteiger partial charge < -0.3 is 9.79 Å². The van der Waals surface area contributed by atoms with Gasteiger partial charge in [-0.15, -0.1) is 0 Å². The average Bonchev–Trinajstić information content (AvgIpc) is 2.61. The van der Waals surface area contributed by atoms with E-state index >= 15 is 0 Å². The SMILES string of the molecule is Cc1ccc(CCCCCCCCCCCCCOP(=O)(O)O)c(C(C)(C)C)c1. The molecule has 0 saturated carbocycles. The van der Waals surface area contributed by atoms with E-state index in [1.807, 2.05) is 0 Å². The Morgan fingerprint density at radius 2 is 1.31 bits per heavy atom. The van der Waals surface area contributed by atoms with E-state index < -0.39 is 7.82 Å². The molecule has 4 nitrogen and oxygen atoms in total. The average molecular weight is 427 g/mol. The summed E-state index contributed by atoms with van der Waals surface area (Å²) in [7, 11) is -4.28. The number of benzene rings is 1. The molecule has 29 heavy (non-hydrogen) atoms. The zero-order valence-electron chi connectivity index (χ0n) is 19.1. The van der Waals surface area contributed by atoms with Crippen LogP contribution in [0.2, 0.25) is 0 Å². The van der Waals surface area contributed by atoms with Crippen LogP contribution in [0, 0.1) is 6.92 Å². The quantitative estimate of drug-likeness (QED) is 0.229. The summed E-state index contributed by atoms with van der Waals surface area (Å²) >= 11 is 0. The van der Waals surface area contributed by atoms with E-state index in [1.54, 1.807) is 0 Å². The predicted octanol–water partition coefficient (Wildman–Crippen LogP) is 7.24. The fourth-order valence-corrected chi connectivity index (χ4v) is 4.17. The molecule has 0 aliphatic rings. The Morgan fingerprint density at radius 3 is 1.79 bits per heavy atom. The minimum Gasteiger partial charge on any atom is -0.303 e. The third-order valence-corrected chi connectivity index (χ3v) is 5.94. The first-order valence-corrected chi connectivity index (χ1v) is 12.9. The Balaban J connectivity index is 2.00. The first kappa shape index (κ1) is 26.4. The van der Waals surface area contributed by atoms with Gasteiger partial charge in [-0.05, 0) is 42.7 Å². The number of rotatable bonds is 15. The van der Waals surface area contributed by atoms with Crippen LogP contribution in [0.15, 0.2) is 18.2 Å². The van der Waals surface area contributed by atoms with Gasteiger partial charge in [-0.3, -0.25) is 4.52 Å². The van der Waals surface area contributed by atoms with Crippen molar-refractivity contribution >= 4 is 7.82 Å². The second kappa shape index (κ2) is 13.6. The van der Waals surface area contributed by atoms with Crippen molar-refractivity contribution in [2.75, 3.05) is 6.61 Å². The van der Waals surface area contributed by atoms with Crippen molar-refractivity contribution < 1.29 is 18.9 Å². The van der Waals surface area contributed by atoms with Crippen LogP contribution in [-0.4, -0.2) is 16.4 Å². The fraction of sp³-hybridized carbons (Fsp3) is 0.750. The molecule has 0 bridgehead atoms. The molecular formula is C24H43O4P. The highest BCUT2D eigenvalue weighted by molar-refractivity contribution is 7.46. The normalized spacial score (nSPS) is 12.5. The topological polar surface area (TPSA) is 66.8 Å². The summed E-state index contributed by atoms with van der Waals surface area (Å²) in [6, 6.07) is 6.93. The number of hydrogen-bond acceptors (Lipinski definition) is 2. The van der Waals surface area contributed by atoms with Gasteiger partial charge in [0.25, 0.3) is 0 Å². The summed E-state index contributed by atoms with van der Waals surface area (Å²) < 4.78 is 15.0. The monoisotopic (exact) mass is 426 g/mol. The maximum absolute atomic E-state index is 10.5. The molecule has 0 aliphatic heterocycles. The van der Waals surface area contributed by atoms with E-state index in [1.165, 1.54) is 74.5 Å². The summed E-state index contributed by atoms with van der Waals surface area (Å²) in [5, 5.41) is 0. The highest BCUT2D eigenvalue weighted by Crippen LogP contribution is 2.35. The van der Waals surface area contributed by atoms with E-state index in [2.05, 4.69) is 50.4 Å². The Morgan fingerprint density at radius 1 is 0.828 bits per heavy atom. The van der Waals surface area contributed by atoms with Gasteiger partial charge in [0, 0.05) is 0 Å². The summed E-state index contributed by atoms with van der Waals surface area (Å²) in [5.74, 6) is 0. The Hall–Kier alpha value is -0.670. The van der Waals surface area contributed by atoms with Gasteiger partial charge in [0.2, 0.25) is 0 Å². The molecule has 0 saturated heterocycles. The molecule has 0 fully saturated rings. The molecule has 1 aromatic rings. The maximum atomic E-state index is 10.5. The molecule has 0 heterocycles. The minimum absolute atomic E-state index is 0.157. The zero-order chi connectivity index (χ0) is 21.8. The second-order valence-corrected chi connectivity index (χ2v) is 10.6. The molecule has 0 spiro atoms. The van der Waals surface area contributed by atoms with Crippen LogP contribution < -0.4 is 0 Å². The summed E-state index contributed by atoms with van der Waals surface area (Å²) in [6.07, 6.45) is 14.4. The molecule has 168 valence electrons. The van der Waals surface area contributed by atoms with Crippen LogP contribution in [0.1, 0.15) is 108 Å². The van der Waals surface area contributed by atoms with Gasteiger partial charge in [-0.1, -0.05) is 102 Å². The van der Waals surface area contributed by atoms with Crippen LogP contribution >= 0.6 is 7.82 Å². The Kier molecular flexibility index (Phi) is 12.4. The summed E-state index contributed by atoms with van der Waals surface area (Å²) in [4.78, 5) is 17.2. The van der Waals surface area contributed by atoms with E-state index in [0.29, 0.717) is 0 Å². The zero-order valence-corrected chi connectivity index (χ0v) is 20.0. The first-order valence-electron chi connectivity index (χ1n) is 11.4. The van der Waals surface area contributed by atoms with Crippen LogP contribution in [0.3, 0.4) is 0 Å². The number of phosphoric ester groups is 1. The molecule has 2 N–H and O–H groups in total.